The van der Waals surface area contributed by atoms with E-state index >= 15 is 0 Å². The summed E-state index contributed by atoms with van der Waals surface area (Å²) in [5, 5.41) is 52.1. The van der Waals surface area contributed by atoms with Crippen LogP contribution in [0, 0.1) is 14.9 Å². The number of likely N-dealkylation sites (tertiary alicyclic amines) is 1. The second-order valence-corrected chi connectivity index (χ2v) is 24.3. The number of hydrogen-bond donors (Lipinski definition) is 8. The predicted octanol–water partition coefficient (Wildman–Crippen LogP) is 1.45. The average Bonchev–Trinajstić information content (AvgIpc) is 1.17. The first-order chi connectivity index (χ1) is 46.2. The van der Waals surface area contributed by atoms with E-state index in [0.717, 1.165) is 14.0 Å². The highest BCUT2D eigenvalue weighted by molar-refractivity contribution is 14.1. The zero-order valence-corrected chi connectivity index (χ0v) is 56.3. The smallest absolute Gasteiger partial charge is 0.317 e. The number of pyridine rings is 1. The Morgan fingerprint density at radius 2 is 1.17 bits per heavy atom. The first kappa shape index (κ1) is 79.3. The number of nitrogens with zero attached hydrogens (tertiary/aromatic N) is 7. The van der Waals surface area contributed by atoms with Gasteiger partial charge in [-0.05, 0) is 109 Å². The molecule has 530 valence electrons. The fraction of sp³-hybridized carbons (Fsp3) is 0.609. The van der Waals surface area contributed by atoms with Crippen molar-refractivity contribution in [2.24, 2.45) is 0 Å². The van der Waals surface area contributed by atoms with Crippen molar-refractivity contribution in [2.45, 2.75) is 82.2 Å². The minimum absolute atomic E-state index is 0.0396. The van der Waals surface area contributed by atoms with Crippen LogP contribution in [0.4, 0.5) is 8.78 Å². The zero-order valence-electron chi connectivity index (χ0n) is 54.1. The Balaban J connectivity index is 0.900. The molecule has 29 nitrogen and oxygen atoms in total. The van der Waals surface area contributed by atoms with E-state index in [1.54, 1.807) is 39.0 Å². The molecular weight excluding hydrogens is 1370 g/mol. The summed E-state index contributed by atoms with van der Waals surface area (Å²) in [6, 6.07) is 14.1. The van der Waals surface area contributed by atoms with Gasteiger partial charge in [-0.2, -0.15) is 5.26 Å². The number of amides is 6. The van der Waals surface area contributed by atoms with Crippen LogP contribution in [0.5, 0.6) is 5.75 Å². The van der Waals surface area contributed by atoms with E-state index in [1.807, 2.05) is 29.2 Å². The van der Waals surface area contributed by atoms with E-state index in [0.29, 0.717) is 108 Å². The molecule has 2 aliphatic heterocycles. The highest BCUT2D eigenvalue weighted by atomic mass is 127. The number of nitrogens with one attached hydrogen (secondary N) is 5. The zero-order chi connectivity index (χ0) is 69.5. The second-order valence-electron chi connectivity index (χ2n) is 23.1. The van der Waals surface area contributed by atoms with Gasteiger partial charge >= 0.3 is 17.9 Å². The Labute approximate surface area is 570 Å². The Hall–Kier alpha value is -7.36. The third-order valence-electron chi connectivity index (χ3n) is 15.4. The lowest BCUT2D eigenvalue weighted by atomic mass is 10.1. The van der Waals surface area contributed by atoms with Crippen molar-refractivity contribution in [1.82, 2.24) is 56.1 Å². The van der Waals surface area contributed by atoms with Gasteiger partial charge in [0.1, 0.15) is 17.8 Å². The third-order valence-corrected chi connectivity index (χ3v) is 16.2. The molecule has 32 heteroatoms. The van der Waals surface area contributed by atoms with Gasteiger partial charge in [0.15, 0.2) is 0 Å². The van der Waals surface area contributed by atoms with Gasteiger partial charge in [0.25, 0.3) is 11.8 Å². The molecule has 2 atom stereocenters. The molecule has 3 aromatic rings. The van der Waals surface area contributed by atoms with Crippen LogP contribution in [0.2, 0.25) is 0 Å². The van der Waals surface area contributed by atoms with E-state index in [-0.39, 0.29) is 154 Å². The van der Waals surface area contributed by atoms with Crippen molar-refractivity contribution in [2.75, 3.05) is 171 Å². The molecule has 0 aliphatic carbocycles. The van der Waals surface area contributed by atoms with Crippen molar-refractivity contribution in [3.8, 4) is 11.8 Å². The van der Waals surface area contributed by atoms with Crippen LogP contribution in [0.25, 0.3) is 10.9 Å². The Morgan fingerprint density at radius 3 is 1.75 bits per heavy atom. The number of carbonyl (C=O) groups excluding carboxylic acids is 6. The molecule has 2 saturated heterocycles. The molecule has 2 aliphatic rings. The monoisotopic (exact) mass is 1460 g/mol. The summed E-state index contributed by atoms with van der Waals surface area (Å²) in [5.41, 5.74) is 1.79. The molecule has 2 fully saturated rings. The number of halogens is 3. The molecule has 8 N–H and O–H groups in total. The molecule has 0 radical (unpaired) electrons. The largest absolute Gasteiger partial charge is 0.494 e. The highest BCUT2D eigenvalue weighted by Crippen LogP contribution is 2.32. The molecule has 2 aromatic carbocycles. The van der Waals surface area contributed by atoms with Gasteiger partial charge in [0.05, 0.1) is 116 Å². The van der Waals surface area contributed by atoms with E-state index < -0.39 is 67.2 Å². The minimum Gasteiger partial charge on any atom is -0.494 e. The molecule has 96 heavy (non-hydrogen) atoms. The van der Waals surface area contributed by atoms with Crippen LogP contribution in [0.15, 0.2) is 54.7 Å². The summed E-state index contributed by atoms with van der Waals surface area (Å²) in [5.74, 6) is -8.38. The lowest BCUT2D eigenvalue weighted by Crippen LogP contribution is -2.49. The molecule has 0 unspecified atom stereocenters. The fourth-order valence-corrected chi connectivity index (χ4v) is 10.7. The molecule has 1 aromatic heterocycles. The summed E-state index contributed by atoms with van der Waals surface area (Å²) in [6.07, 6.45) is 4.85. The number of aromatic nitrogens is 1. The number of carboxylic acid groups (broad SMARTS) is 3. The maximum atomic E-state index is 13.8. The molecule has 0 saturated carbocycles. The standard InChI is InChI=1S/C64H91F2IN12O17/c65-64(66)39-49(40-68)79(46-64)58(83)41-73-62(90)51-15-19-69-53-14-13-50(38-52(51)53)96-29-4-3-18-70-55(80)16-30-92-32-34-94-36-37-95-35-33-93-31-20-72-63(91)54(74-56(81)8-5-6-47-9-11-48(67)12-10-47)7-1-2-17-71-57(82)42-75-21-23-76(43-59(84)85)25-27-78(45-61(88)89)28-26-77(24-22-75)44-60(86)87/h9-15,19,38,49,54H,1-8,16-18,20-37,39,41-46H2,(H,70,80)(H,71,82)(H,72,91)(H,73,90)(H,74,81)(H,84,85)(H,86,87)(H,88,89)/t49-,54-/m0/s1. The minimum atomic E-state index is -3.18. The number of unbranched alkanes of at least 4 members (excludes halogenated alkanes) is 2. The van der Waals surface area contributed by atoms with Crippen molar-refractivity contribution in [3.63, 3.8) is 0 Å². The Bertz CT molecular complexity index is 2980. The average molecular weight is 1470 g/mol. The summed E-state index contributed by atoms with van der Waals surface area (Å²) in [4.78, 5) is 125. The number of aryl methyl sites for hydroxylation is 1. The van der Waals surface area contributed by atoms with Gasteiger partial charge < -0.3 is 70.5 Å². The number of carbonyl (C=O) groups is 9. The third kappa shape index (κ3) is 32.6. The predicted molar refractivity (Wildman–Crippen MR) is 353 cm³/mol. The van der Waals surface area contributed by atoms with Crippen molar-refractivity contribution in [1.29, 1.82) is 5.26 Å². The van der Waals surface area contributed by atoms with Gasteiger partial charge in [-0.1, -0.05) is 12.1 Å². The maximum Gasteiger partial charge on any atom is 0.317 e. The highest BCUT2D eigenvalue weighted by Gasteiger charge is 2.47. The van der Waals surface area contributed by atoms with Crippen molar-refractivity contribution in [3.05, 3.63) is 69.4 Å². The normalized spacial score (nSPS) is 16.1. The van der Waals surface area contributed by atoms with Crippen molar-refractivity contribution >= 4 is 86.8 Å². The molecule has 6 amide bonds. The lowest BCUT2D eigenvalue weighted by Gasteiger charge is -2.32. The maximum absolute atomic E-state index is 13.8. The number of benzene rings is 2. The number of ether oxygens (including phenoxy) is 5. The summed E-state index contributed by atoms with van der Waals surface area (Å²) in [6.45, 7) is 3.11. The quantitative estimate of drug-likeness (QED) is 0.0293. The van der Waals surface area contributed by atoms with Crippen LogP contribution >= 0.6 is 22.6 Å². The Morgan fingerprint density at radius 1 is 0.615 bits per heavy atom. The van der Waals surface area contributed by atoms with Gasteiger partial charge in [-0.15, -0.1) is 0 Å². The van der Waals surface area contributed by atoms with Gasteiger partial charge in [0, 0.05) is 106 Å². The lowest BCUT2D eigenvalue weighted by molar-refractivity contribution is -0.140. The molecule has 3 heterocycles. The molecule has 0 spiro atoms. The number of aliphatic carboxylic acids is 3. The SMILES string of the molecule is N#C[C@@H]1CC(F)(F)CN1C(=O)CNC(=O)c1ccnc2ccc(OCCCCNC(=O)CCOCCOCCOCCOCCNC(=O)[C@H](CCCCNC(=O)CN3CCN(CC(=O)O)CCN(CC(=O)O)CCN(CC(=O)O)CC3)NC(=O)CCCc3ccc(I)cc3)cc12. The topological polar surface area (TPSA) is 374 Å². The first-order valence-corrected chi connectivity index (χ1v) is 33.3. The second kappa shape index (κ2) is 44.5. The summed E-state index contributed by atoms with van der Waals surface area (Å²) >= 11 is 2.23. The number of carboxylic acids is 3. The number of hydrogen-bond acceptors (Lipinski definition) is 20. The van der Waals surface area contributed by atoms with Gasteiger partial charge in [-0.25, -0.2) is 8.78 Å². The molecule has 5 rings (SSSR count). The van der Waals surface area contributed by atoms with E-state index in [4.69, 9.17) is 23.7 Å². The van der Waals surface area contributed by atoms with Crippen LogP contribution < -0.4 is 31.3 Å². The van der Waals surface area contributed by atoms with Crippen molar-refractivity contribution < 1.29 is 90.9 Å². The van der Waals surface area contributed by atoms with Crippen LogP contribution in [0.3, 0.4) is 0 Å². The number of fused-ring (bicyclic) bond motifs is 1. The van der Waals surface area contributed by atoms with E-state index in [1.165, 1.54) is 12.3 Å². The summed E-state index contributed by atoms with van der Waals surface area (Å²) < 4.78 is 57.0. The van der Waals surface area contributed by atoms with Gasteiger partial charge in [0.2, 0.25) is 29.5 Å². The first-order valence-electron chi connectivity index (χ1n) is 32.2. The van der Waals surface area contributed by atoms with Gasteiger partial charge in [-0.3, -0.25) is 67.7 Å². The molecule has 0 bridgehead atoms. The number of alkyl halides is 2. The molecular formula is C64H91F2IN12O17. The number of nitriles is 1. The summed E-state index contributed by atoms with van der Waals surface area (Å²) in [7, 11) is 0. The Kier molecular flexibility index (Phi) is 36.7. The fourth-order valence-electron chi connectivity index (χ4n) is 10.4. The van der Waals surface area contributed by atoms with E-state index in [2.05, 4.69) is 54.2 Å². The van der Waals surface area contributed by atoms with E-state index in [9.17, 15) is 72.5 Å². The van der Waals surface area contributed by atoms with Crippen LogP contribution in [-0.2, 0) is 63.7 Å². The van der Waals surface area contributed by atoms with Crippen LogP contribution in [0.1, 0.15) is 73.7 Å². The van der Waals surface area contributed by atoms with Crippen LogP contribution in [-0.4, -0.2) is 287 Å². The number of rotatable bonds is 43.